The highest BCUT2D eigenvalue weighted by Gasteiger charge is 2.26. The number of nitrogens with zero attached hydrogens (tertiary/aromatic N) is 5. The number of carbonyl (C=O) groups excluding carboxylic acids is 1. The summed E-state index contributed by atoms with van der Waals surface area (Å²) in [5, 5.41) is 11.9. The van der Waals surface area contributed by atoms with E-state index in [1.54, 1.807) is 12.5 Å². The summed E-state index contributed by atoms with van der Waals surface area (Å²) < 4.78 is 7.21. The maximum Gasteiger partial charge on any atom is 0.225 e. The van der Waals surface area contributed by atoms with E-state index in [1.165, 1.54) is 0 Å². The first-order valence-corrected chi connectivity index (χ1v) is 10.8. The van der Waals surface area contributed by atoms with Gasteiger partial charge in [-0.3, -0.25) is 9.36 Å². The molecule has 1 aliphatic heterocycles. The second-order valence-electron chi connectivity index (χ2n) is 7.82. The van der Waals surface area contributed by atoms with Crippen molar-refractivity contribution in [3.8, 4) is 17.2 Å². The van der Waals surface area contributed by atoms with E-state index in [1.807, 2.05) is 65.4 Å². The highest BCUT2D eigenvalue weighted by atomic mass is 16.3. The number of imidazole rings is 1. The predicted octanol–water partition coefficient (Wildman–Crippen LogP) is 3.46. The van der Waals surface area contributed by atoms with Gasteiger partial charge in [0.05, 0.1) is 18.7 Å². The zero-order valence-electron chi connectivity index (χ0n) is 17.6. The van der Waals surface area contributed by atoms with E-state index >= 15 is 0 Å². The molecule has 32 heavy (non-hydrogen) atoms. The molecule has 1 fully saturated rings. The third-order valence-electron chi connectivity index (χ3n) is 5.69. The van der Waals surface area contributed by atoms with Crippen molar-refractivity contribution in [2.45, 2.75) is 19.4 Å². The van der Waals surface area contributed by atoms with E-state index in [9.17, 15) is 4.79 Å². The SMILES string of the molecule is O=C(NCc1ccco1)C1CCCN(c2ccc(-n3ccnc3-c3ccccc3)nn2)C1. The normalized spacial score (nSPS) is 16.1. The number of aromatic nitrogens is 4. The minimum absolute atomic E-state index is 0.0431. The average Bonchev–Trinajstić information content (AvgIpc) is 3.56. The molecule has 4 heterocycles. The van der Waals surface area contributed by atoms with Gasteiger partial charge in [-0.05, 0) is 37.1 Å². The molecule has 0 saturated carbocycles. The fraction of sp³-hybridized carbons (Fsp3) is 0.250. The zero-order valence-corrected chi connectivity index (χ0v) is 17.6. The first-order valence-electron chi connectivity index (χ1n) is 10.8. The van der Waals surface area contributed by atoms with Crippen LogP contribution >= 0.6 is 0 Å². The Balaban J connectivity index is 1.26. The molecule has 0 radical (unpaired) electrons. The lowest BCUT2D eigenvalue weighted by Gasteiger charge is -2.32. The lowest BCUT2D eigenvalue weighted by Crippen LogP contribution is -2.43. The highest BCUT2D eigenvalue weighted by molar-refractivity contribution is 5.79. The van der Waals surface area contributed by atoms with E-state index < -0.39 is 0 Å². The molecule has 1 saturated heterocycles. The molecule has 0 bridgehead atoms. The number of rotatable bonds is 6. The first-order chi connectivity index (χ1) is 15.8. The summed E-state index contributed by atoms with van der Waals surface area (Å²) in [7, 11) is 0. The molecule has 8 heteroatoms. The van der Waals surface area contributed by atoms with Crippen LogP contribution in [0.1, 0.15) is 18.6 Å². The molecular formula is C24H24N6O2. The Labute approximate surface area is 185 Å². The van der Waals surface area contributed by atoms with Crippen LogP contribution in [0.5, 0.6) is 0 Å². The number of furan rings is 1. The smallest absolute Gasteiger partial charge is 0.225 e. The van der Waals surface area contributed by atoms with Gasteiger partial charge in [0.15, 0.2) is 11.6 Å². The van der Waals surface area contributed by atoms with Crippen LogP contribution < -0.4 is 10.2 Å². The second-order valence-corrected chi connectivity index (χ2v) is 7.82. The van der Waals surface area contributed by atoms with Gasteiger partial charge in [0.25, 0.3) is 0 Å². The van der Waals surface area contributed by atoms with Gasteiger partial charge in [-0.25, -0.2) is 4.98 Å². The van der Waals surface area contributed by atoms with Gasteiger partial charge in [0.2, 0.25) is 5.91 Å². The molecule has 1 N–H and O–H groups in total. The summed E-state index contributed by atoms with van der Waals surface area (Å²) in [6.07, 6.45) is 7.04. The van der Waals surface area contributed by atoms with Crippen LogP contribution in [-0.2, 0) is 11.3 Å². The van der Waals surface area contributed by atoms with Gasteiger partial charge in [0.1, 0.15) is 11.6 Å². The van der Waals surface area contributed by atoms with Crippen LogP contribution in [0.4, 0.5) is 5.82 Å². The minimum atomic E-state index is -0.0847. The van der Waals surface area contributed by atoms with Crippen molar-refractivity contribution in [3.05, 3.63) is 79.0 Å². The highest BCUT2D eigenvalue weighted by Crippen LogP contribution is 2.24. The number of carbonyl (C=O) groups is 1. The van der Waals surface area contributed by atoms with Crippen molar-refractivity contribution >= 4 is 11.7 Å². The summed E-state index contributed by atoms with van der Waals surface area (Å²) in [4.78, 5) is 19.2. The fourth-order valence-electron chi connectivity index (χ4n) is 4.04. The van der Waals surface area contributed by atoms with Crippen molar-refractivity contribution in [2.24, 2.45) is 5.92 Å². The van der Waals surface area contributed by atoms with Crippen LogP contribution in [0.25, 0.3) is 17.2 Å². The number of piperidine rings is 1. The number of nitrogens with one attached hydrogen (secondary N) is 1. The van der Waals surface area contributed by atoms with E-state index in [2.05, 4.69) is 25.4 Å². The Bertz CT molecular complexity index is 1150. The maximum atomic E-state index is 12.6. The molecule has 4 aromatic rings. The Kier molecular flexibility index (Phi) is 5.65. The van der Waals surface area contributed by atoms with Gasteiger partial charge in [0, 0.05) is 31.0 Å². The Morgan fingerprint density at radius 2 is 1.91 bits per heavy atom. The zero-order chi connectivity index (χ0) is 21.8. The molecule has 0 spiro atoms. The monoisotopic (exact) mass is 428 g/mol. The number of hydrogen-bond acceptors (Lipinski definition) is 6. The largest absolute Gasteiger partial charge is 0.467 e. The standard InChI is InChI=1S/C24H24N6O2/c31-24(26-16-20-9-5-15-32-20)19-8-4-13-29(17-19)21-10-11-22(28-27-21)30-14-12-25-23(30)18-6-2-1-3-7-18/h1-3,5-7,9-12,14-15,19H,4,8,13,16-17H2,(H,26,31). The quantitative estimate of drug-likeness (QED) is 0.506. The first kappa shape index (κ1) is 20.0. The van der Waals surface area contributed by atoms with Crippen LogP contribution in [0.15, 0.2) is 77.7 Å². The molecule has 0 aliphatic carbocycles. The van der Waals surface area contributed by atoms with Gasteiger partial charge < -0.3 is 14.6 Å². The topological polar surface area (TPSA) is 89.1 Å². The Hall–Kier alpha value is -3.94. The fourth-order valence-corrected chi connectivity index (χ4v) is 4.04. The summed E-state index contributed by atoms with van der Waals surface area (Å²) in [5.74, 6) is 3.01. The third kappa shape index (κ3) is 4.25. The number of amides is 1. The van der Waals surface area contributed by atoms with Gasteiger partial charge in [-0.1, -0.05) is 30.3 Å². The molecule has 3 aromatic heterocycles. The van der Waals surface area contributed by atoms with E-state index in [0.717, 1.165) is 42.4 Å². The lowest BCUT2D eigenvalue weighted by atomic mass is 9.97. The second kappa shape index (κ2) is 9.05. The van der Waals surface area contributed by atoms with Crippen molar-refractivity contribution in [1.29, 1.82) is 0 Å². The Morgan fingerprint density at radius 3 is 2.69 bits per heavy atom. The molecule has 8 nitrogen and oxygen atoms in total. The summed E-state index contributed by atoms with van der Waals surface area (Å²) in [6, 6.07) is 17.6. The number of hydrogen-bond donors (Lipinski definition) is 1. The third-order valence-corrected chi connectivity index (χ3v) is 5.69. The molecule has 1 unspecified atom stereocenters. The van der Waals surface area contributed by atoms with Crippen LogP contribution in [-0.4, -0.2) is 38.7 Å². The van der Waals surface area contributed by atoms with E-state index in [0.29, 0.717) is 18.9 Å². The minimum Gasteiger partial charge on any atom is -0.467 e. The molecule has 1 atom stereocenters. The molecule has 1 amide bonds. The summed E-state index contributed by atoms with van der Waals surface area (Å²) >= 11 is 0. The summed E-state index contributed by atoms with van der Waals surface area (Å²) in [5.41, 5.74) is 1.02. The maximum absolute atomic E-state index is 12.6. The Morgan fingerprint density at radius 1 is 1.06 bits per heavy atom. The van der Waals surface area contributed by atoms with Gasteiger partial charge in [-0.2, -0.15) is 0 Å². The predicted molar refractivity (Wildman–Crippen MR) is 120 cm³/mol. The molecule has 1 aliphatic rings. The number of benzene rings is 1. The van der Waals surface area contributed by atoms with Gasteiger partial charge in [-0.15, -0.1) is 10.2 Å². The summed E-state index contributed by atoms with van der Waals surface area (Å²) in [6.45, 7) is 1.89. The molecule has 1 aromatic carbocycles. The van der Waals surface area contributed by atoms with Crippen molar-refractivity contribution in [2.75, 3.05) is 18.0 Å². The van der Waals surface area contributed by atoms with Crippen molar-refractivity contribution in [3.63, 3.8) is 0 Å². The van der Waals surface area contributed by atoms with Crippen molar-refractivity contribution < 1.29 is 9.21 Å². The molecule has 162 valence electrons. The van der Waals surface area contributed by atoms with Crippen molar-refractivity contribution in [1.82, 2.24) is 25.1 Å². The van der Waals surface area contributed by atoms with Crippen LogP contribution in [0.3, 0.4) is 0 Å². The van der Waals surface area contributed by atoms with Crippen LogP contribution in [0.2, 0.25) is 0 Å². The average molecular weight is 428 g/mol. The number of anilines is 1. The van der Waals surface area contributed by atoms with E-state index in [-0.39, 0.29) is 11.8 Å². The lowest BCUT2D eigenvalue weighted by molar-refractivity contribution is -0.125. The van der Waals surface area contributed by atoms with E-state index in [4.69, 9.17) is 4.42 Å². The molecule has 5 rings (SSSR count). The van der Waals surface area contributed by atoms with Gasteiger partial charge >= 0.3 is 0 Å². The molecular weight excluding hydrogens is 404 g/mol. The van der Waals surface area contributed by atoms with Crippen LogP contribution in [0, 0.1) is 5.92 Å².